The van der Waals surface area contributed by atoms with Crippen LogP contribution in [0.1, 0.15) is 47.0 Å². The van der Waals surface area contributed by atoms with E-state index < -0.39 is 0 Å². The number of carbonyl (C=O) groups excluding carboxylic acids is 1. The first kappa shape index (κ1) is 15.7. The van der Waals surface area contributed by atoms with Crippen LogP contribution in [-0.2, 0) is 5.41 Å². The minimum absolute atomic E-state index is 0.146. The molecule has 0 aliphatic rings. The summed E-state index contributed by atoms with van der Waals surface area (Å²) < 4.78 is 5.77. The predicted octanol–water partition coefficient (Wildman–Crippen LogP) is 4.45. The molecule has 0 unspecified atom stereocenters. The van der Waals surface area contributed by atoms with Gasteiger partial charge in [-0.2, -0.15) is 0 Å². The average molecular weight is 329 g/mol. The number of aromatic nitrogens is 2. The highest BCUT2D eigenvalue weighted by atomic mass is 32.1. The monoisotopic (exact) mass is 329 g/mol. The minimum atomic E-state index is -0.153. The van der Waals surface area contributed by atoms with Crippen LogP contribution in [0.15, 0.2) is 22.6 Å². The van der Waals surface area contributed by atoms with Crippen LogP contribution in [-0.4, -0.2) is 15.9 Å². The van der Waals surface area contributed by atoms with Crippen LogP contribution < -0.4 is 5.32 Å². The number of thiazole rings is 1. The first-order valence-corrected chi connectivity index (χ1v) is 8.22. The van der Waals surface area contributed by atoms with Crippen LogP contribution in [0.3, 0.4) is 0 Å². The Morgan fingerprint density at radius 2 is 1.96 bits per heavy atom. The van der Waals surface area contributed by atoms with Crippen molar-refractivity contribution >= 4 is 34.0 Å². The molecule has 120 valence electrons. The SMILES string of the molecule is Cc1nc(C)c(C(=O)Nc2ccc3oc(C(C)(C)C)nc3c2)s1. The molecule has 0 bridgehead atoms. The third kappa shape index (κ3) is 3.12. The molecule has 0 spiro atoms. The van der Waals surface area contributed by atoms with E-state index in [9.17, 15) is 4.79 Å². The van der Waals surface area contributed by atoms with Crippen molar-refractivity contribution in [3.63, 3.8) is 0 Å². The smallest absolute Gasteiger partial charge is 0.267 e. The van der Waals surface area contributed by atoms with Crippen molar-refractivity contribution in [1.82, 2.24) is 9.97 Å². The molecule has 3 aromatic rings. The summed E-state index contributed by atoms with van der Waals surface area (Å²) in [6.45, 7) is 9.89. The lowest BCUT2D eigenvalue weighted by molar-refractivity contribution is 0.103. The van der Waals surface area contributed by atoms with Crippen LogP contribution >= 0.6 is 11.3 Å². The summed E-state index contributed by atoms with van der Waals surface area (Å²) >= 11 is 1.40. The van der Waals surface area contributed by atoms with E-state index in [-0.39, 0.29) is 11.3 Å². The number of fused-ring (bicyclic) bond motifs is 1. The molecule has 0 aliphatic carbocycles. The number of oxazole rings is 1. The molecular formula is C17H19N3O2S. The molecule has 1 amide bonds. The lowest BCUT2D eigenvalue weighted by Gasteiger charge is -2.11. The van der Waals surface area contributed by atoms with Crippen LogP contribution in [0.4, 0.5) is 5.69 Å². The Balaban J connectivity index is 1.89. The van der Waals surface area contributed by atoms with Gasteiger partial charge in [0.25, 0.3) is 5.91 Å². The van der Waals surface area contributed by atoms with E-state index in [0.29, 0.717) is 16.5 Å². The maximum atomic E-state index is 12.4. The Kier molecular flexibility index (Phi) is 3.72. The van der Waals surface area contributed by atoms with Gasteiger partial charge < -0.3 is 9.73 Å². The molecule has 6 heteroatoms. The number of hydrogen-bond donors (Lipinski definition) is 1. The minimum Gasteiger partial charge on any atom is -0.440 e. The van der Waals surface area contributed by atoms with Gasteiger partial charge in [0.15, 0.2) is 5.58 Å². The van der Waals surface area contributed by atoms with Crippen LogP contribution in [0.2, 0.25) is 0 Å². The summed E-state index contributed by atoms with van der Waals surface area (Å²) in [4.78, 5) is 21.8. The Bertz CT molecular complexity index is 887. The molecule has 3 rings (SSSR count). The summed E-state index contributed by atoms with van der Waals surface area (Å²) in [6.07, 6.45) is 0. The lowest BCUT2D eigenvalue weighted by atomic mass is 9.97. The highest BCUT2D eigenvalue weighted by Gasteiger charge is 2.21. The van der Waals surface area contributed by atoms with Crippen molar-refractivity contribution in [2.75, 3.05) is 5.32 Å². The van der Waals surface area contributed by atoms with Crippen LogP contribution in [0, 0.1) is 13.8 Å². The van der Waals surface area contributed by atoms with Crippen molar-refractivity contribution in [1.29, 1.82) is 0 Å². The molecule has 0 radical (unpaired) electrons. The fraction of sp³-hybridized carbons (Fsp3) is 0.353. The van der Waals surface area contributed by atoms with Crippen LogP contribution in [0.5, 0.6) is 0 Å². The first-order chi connectivity index (χ1) is 10.7. The van der Waals surface area contributed by atoms with Gasteiger partial charge in [-0.15, -0.1) is 11.3 Å². The molecule has 23 heavy (non-hydrogen) atoms. The summed E-state index contributed by atoms with van der Waals surface area (Å²) in [5.41, 5.74) is 2.76. The van der Waals surface area contributed by atoms with E-state index in [4.69, 9.17) is 4.42 Å². The second-order valence-corrected chi connectivity index (χ2v) is 7.76. The number of benzene rings is 1. The zero-order chi connectivity index (χ0) is 16.8. The Morgan fingerprint density at radius 3 is 2.57 bits per heavy atom. The molecule has 2 heterocycles. The van der Waals surface area contributed by atoms with Gasteiger partial charge in [-0.3, -0.25) is 4.79 Å². The zero-order valence-corrected chi connectivity index (χ0v) is 14.7. The highest BCUT2D eigenvalue weighted by molar-refractivity contribution is 7.13. The number of nitrogens with zero attached hydrogens (tertiary/aromatic N) is 2. The number of carbonyl (C=O) groups is 1. The van der Waals surface area contributed by atoms with E-state index >= 15 is 0 Å². The van der Waals surface area contributed by atoms with E-state index in [1.165, 1.54) is 11.3 Å². The van der Waals surface area contributed by atoms with E-state index in [1.54, 1.807) is 0 Å². The van der Waals surface area contributed by atoms with Crippen molar-refractivity contribution in [3.8, 4) is 0 Å². The number of rotatable bonds is 2. The van der Waals surface area contributed by atoms with Gasteiger partial charge in [0, 0.05) is 11.1 Å². The summed E-state index contributed by atoms with van der Waals surface area (Å²) in [6, 6.07) is 5.48. The van der Waals surface area contributed by atoms with Crippen molar-refractivity contribution in [2.24, 2.45) is 0 Å². The fourth-order valence-electron chi connectivity index (χ4n) is 2.26. The molecule has 1 N–H and O–H groups in total. The normalized spacial score (nSPS) is 11.9. The topological polar surface area (TPSA) is 68.0 Å². The standard InChI is InChI=1S/C17H19N3O2S/c1-9-14(23-10(2)18-9)15(21)19-11-6-7-13-12(8-11)20-16(22-13)17(3,4)5/h6-8H,1-5H3,(H,19,21). The van der Waals surface area contributed by atoms with Crippen LogP contribution in [0.25, 0.3) is 11.1 Å². The molecule has 1 aromatic carbocycles. The van der Waals surface area contributed by atoms with Crippen molar-refractivity contribution in [3.05, 3.63) is 39.7 Å². The van der Waals surface area contributed by atoms with Gasteiger partial charge in [0.2, 0.25) is 5.89 Å². The van der Waals surface area contributed by atoms with Gasteiger partial charge in [0.1, 0.15) is 10.4 Å². The summed E-state index contributed by atoms with van der Waals surface area (Å²) in [5, 5.41) is 3.79. The number of hydrogen-bond acceptors (Lipinski definition) is 5. The van der Waals surface area contributed by atoms with Gasteiger partial charge >= 0.3 is 0 Å². The van der Waals surface area contributed by atoms with E-state index in [2.05, 4.69) is 36.1 Å². The molecular weight excluding hydrogens is 310 g/mol. The summed E-state index contributed by atoms with van der Waals surface area (Å²) in [7, 11) is 0. The van der Waals surface area contributed by atoms with Crippen molar-refractivity contribution < 1.29 is 9.21 Å². The average Bonchev–Trinajstić information content (AvgIpc) is 3.01. The predicted molar refractivity (Wildman–Crippen MR) is 92.3 cm³/mol. The fourth-order valence-corrected chi connectivity index (χ4v) is 3.07. The second kappa shape index (κ2) is 5.45. The number of aryl methyl sites for hydroxylation is 2. The van der Waals surface area contributed by atoms with Crippen molar-refractivity contribution in [2.45, 2.75) is 40.0 Å². The third-order valence-corrected chi connectivity index (χ3v) is 4.47. The van der Waals surface area contributed by atoms with E-state index in [0.717, 1.165) is 21.8 Å². The maximum absolute atomic E-state index is 12.4. The van der Waals surface area contributed by atoms with E-state index in [1.807, 2.05) is 32.0 Å². The molecule has 0 aliphatic heterocycles. The molecule has 0 fully saturated rings. The third-order valence-electron chi connectivity index (χ3n) is 3.40. The quantitative estimate of drug-likeness (QED) is 0.754. The number of nitrogens with one attached hydrogen (secondary N) is 1. The first-order valence-electron chi connectivity index (χ1n) is 7.40. The maximum Gasteiger partial charge on any atom is 0.267 e. The molecule has 2 aromatic heterocycles. The molecule has 5 nitrogen and oxygen atoms in total. The molecule has 0 saturated carbocycles. The number of amides is 1. The lowest BCUT2D eigenvalue weighted by Crippen LogP contribution is -2.11. The molecule has 0 atom stereocenters. The Morgan fingerprint density at radius 1 is 1.22 bits per heavy atom. The van der Waals surface area contributed by atoms with Gasteiger partial charge in [-0.05, 0) is 32.0 Å². The highest BCUT2D eigenvalue weighted by Crippen LogP contribution is 2.27. The Labute approximate surface area is 138 Å². The zero-order valence-electron chi connectivity index (χ0n) is 13.9. The second-order valence-electron chi connectivity index (χ2n) is 6.55. The van der Waals surface area contributed by atoms with Gasteiger partial charge in [0.05, 0.1) is 10.7 Å². The van der Waals surface area contributed by atoms with Gasteiger partial charge in [-0.25, -0.2) is 9.97 Å². The number of anilines is 1. The van der Waals surface area contributed by atoms with Gasteiger partial charge in [-0.1, -0.05) is 20.8 Å². The largest absolute Gasteiger partial charge is 0.440 e. The molecule has 0 saturated heterocycles. The Hall–Kier alpha value is -2.21. The summed E-state index contributed by atoms with van der Waals surface area (Å²) in [5.74, 6) is 0.539.